The number of hydrogen-bond acceptors (Lipinski definition) is 2. The molecular weight excluding hydrogens is 264 g/mol. The fourth-order valence-electron chi connectivity index (χ4n) is 1.52. The summed E-state index contributed by atoms with van der Waals surface area (Å²) in [6.07, 6.45) is 16.7. The van der Waals surface area contributed by atoms with Crippen LogP contribution in [-0.2, 0) is 9.53 Å². The minimum atomic E-state index is 0. The molecule has 21 heavy (non-hydrogen) atoms. The molecule has 0 unspecified atom stereocenters. The molecule has 0 aromatic heterocycles. The van der Waals surface area contributed by atoms with Gasteiger partial charge in [0.15, 0.2) is 0 Å². The number of unbranched alkanes of at least 4 members (excludes halogenated alkanes) is 2. The van der Waals surface area contributed by atoms with Crippen LogP contribution in [0.4, 0.5) is 0 Å². The zero-order valence-corrected chi connectivity index (χ0v) is 14.1. The normalized spacial score (nSPS) is 10.0. The predicted octanol–water partition coefficient (Wildman–Crippen LogP) is 4.43. The molecule has 0 atom stereocenters. The van der Waals surface area contributed by atoms with Crippen LogP contribution in [0.15, 0.2) is 37.0 Å². The van der Waals surface area contributed by atoms with Gasteiger partial charge in [0.05, 0.1) is 6.61 Å². The summed E-state index contributed by atoms with van der Waals surface area (Å²) in [5.41, 5.74) is 0. The molecule has 2 N–H and O–H groups in total. The van der Waals surface area contributed by atoms with Gasteiger partial charge in [-0.15, -0.1) is 6.58 Å². The van der Waals surface area contributed by atoms with Crippen molar-refractivity contribution in [3.8, 4) is 0 Å². The van der Waals surface area contributed by atoms with E-state index >= 15 is 0 Å². The van der Waals surface area contributed by atoms with Gasteiger partial charge in [-0.05, 0) is 39.0 Å². The SMILES string of the molecule is C=CC.CC/C=C/CCCCC(=O)CC/C=C/COC.O. The van der Waals surface area contributed by atoms with Gasteiger partial charge < -0.3 is 10.2 Å². The van der Waals surface area contributed by atoms with Crippen molar-refractivity contribution in [1.29, 1.82) is 0 Å². The van der Waals surface area contributed by atoms with Gasteiger partial charge in [-0.25, -0.2) is 0 Å². The highest BCUT2D eigenvalue weighted by molar-refractivity contribution is 5.78. The number of carbonyl (C=O) groups excluding carboxylic acids is 1. The molecule has 0 amide bonds. The third-order valence-electron chi connectivity index (χ3n) is 2.50. The first kappa shape index (κ1) is 24.8. The Hall–Kier alpha value is -1.19. The van der Waals surface area contributed by atoms with E-state index < -0.39 is 0 Å². The van der Waals surface area contributed by atoms with Crippen LogP contribution in [0.1, 0.15) is 58.8 Å². The van der Waals surface area contributed by atoms with Gasteiger partial charge in [-0.2, -0.15) is 0 Å². The summed E-state index contributed by atoms with van der Waals surface area (Å²) in [5.74, 6) is 0.381. The average Bonchev–Trinajstić information content (AvgIpc) is 2.43. The molecule has 0 heterocycles. The second-order valence-electron chi connectivity index (χ2n) is 4.54. The largest absolute Gasteiger partial charge is 0.412 e. The third-order valence-corrected chi connectivity index (χ3v) is 2.50. The Morgan fingerprint density at radius 1 is 1.05 bits per heavy atom. The lowest BCUT2D eigenvalue weighted by molar-refractivity contribution is -0.119. The van der Waals surface area contributed by atoms with Crippen molar-refractivity contribution in [1.82, 2.24) is 0 Å². The summed E-state index contributed by atoms with van der Waals surface area (Å²) in [7, 11) is 1.67. The Morgan fingerprint density at radius 2 is 1.67 bits per heavy atom. The van der Waals surface area contributed by atoms with Crippen LogP contribution in [0.5, 0.6) is 0 Å². The van der Waals surface area contributed by atoms with Crippen molar-refractivity contribution in [2.24, 2.45) is 0 Å². The van der Waals surface area contributed by atoms with Gasteiger partial charge in [0.1, 0.15) is 5.78 Å². The van der Waals surface area contributed by atoms with Gasteiger partial charge in [-0.3, -0.25) is 4.79 Å². The third kappa shape index (κ3) is 27.9. The Balaban J connectivity index is -0.000000740. The number of rotatable bonds is 11. The number of allylic oxidation sites excluding steroid dienone is 4. The molecule has 0 saturated heterocycles. The Kier molecular flexibility index (Phi) is 28.2. The fourth-order valence-corrected chi connectivity index (χ4v) is 1.52. The van der Waals surface area contributed by atoms with Crippen LogP contribution in [0.25, 0.3) is 0 Å². The van der Waals surface area contributed by atoms with Gasteiger partial charge in [0.2, 0.25) is 0 Å². The highest BCUT2D eigenvalue weighted by atomic mass is 16.5. The predicted molar refractivity (Wildman–Crippen MR) is 92.6 cm³/mol. The van der Waals surface area contributed by atoms with E-state index in [1.54, 1.807) is 13.2 Å². The molecule has 124 valence electrons. The first-order valence-corrected chi connectivity index (χ1v) is 7.60. The monoisotopic (exact) mass is 298 g/mol. The minimum Gasteiger partial charge on any atom is -0.412 e. The topological polar surface area (TPSA) is 57.8 Å². The molecular formula is C18H34O3. The molecule has 0 fully saturated rings. The van der Waals surface area contributed by atoms with Crippen LogP contribution in [0, 0.1) is 0 Å². The lowest BCUT2D eigenvalue weighted by Crippen LogP contribution is -1.96. The summed E-state index contributed by atoms with van der Waals surface area (Å²) in [6, 6.07) is 0. The summed E-state index contributed by atoms with van der Waals surface area (Å²) in [6.45, 7) is 8.02. The van der Waals surface area contributed by atoms with Crippen LogP contribution < -0.4 is 0 Å². The van der Waals surface area contributed by atoms with Crippen molar-refractivity contribution >= 4 is 5.78 Å². The molecule has 0 aliphatic heterocycles. The van der Waals surface area contributed by atoms with Crippen molar-refractivity contribution in [2.75, 3.05) is 13.7 Å². The quantitative estimate of drug-likeness (QED) is 0.418. The zero-order valence-electron chi connectivity index (χ0n) is 14.1. The van der Waals surface area contributed by atoms with Gasteiger partial charge in [-0.1, -0.05) is 37.3 Å². The van der Waals surface area contributed by atoms with E-state index in [-0.39, 0.29) is 5.48 Å². The van der Waals surface area contributed by atoms with Crippen molar-refractivity contribution in [3.63, 3.8) is 0 Å². The van der Waals surface area contributed by atoms with Gasteiger partial charge in [0, 0.05) is 20.0 Å². The second-order valence-corrected chi connectivity index (χ2v) is 4.54. The number of Topliss-reactive ketones (excluding diaryl/α,β-unsaturated/α-hetero) is 1. The maximum atomic E-state index is 11.5. The molecule has 0 saturated carbocycles. The second kappa shape index (κ2) is 23.9. The van der Waals surface area contributed by atoms with Crippen molar-refractivity contribution in [2.45, 2.75) is 58.8 Å². The average molecular weight is 298 g/mol. The Bertz CT molecular complexity index is 268. The van der Waals surface area contributed by atoms with Gasteiger partial charge >= 0.3 is 0 Å². The smallest absolute Gasteiger partial charge is 0.133 e. The molecule has 0 aromatic rings. The summed E-state index contributed by atoms with van der Waals surface area (Å²) >= 11 is 0. The molecule has 0 aliphatic carbocycles. The number of ether oxygens (including phenoxy) is 1. The first-order chi connectivity index (χ1) is 9.72. The lowest BCUT2D eigenvalue weighted by atomic mass is 10.1. The Labute approximate surface area is 131 Å². The maximum Gasteiger partial charge on any atom is 0.133 e. The van der Waals surface area contributed by atoms with E-state index in [0.29, 0.717) is 18.8 Å². The first-order valence-electron chi connectivity index (χ1n) is 7.60. The van der Waals surface area contributed by atoms with E-state index in [2.05, 4.69) is 25.7 Å². The lowest BCUT2D eigenvalue weighted by Gasteiger charge is -1.98. The number of ketones is 1. The Morgan fingerprint density at radius 3 is 2.24 bits per heavy atom. The maximum absolute atomic E-state index is 11.5. The summed E-state index contributed by atoms with van der Waals surface area (Å²) < 4.78 is 4.88. The molecule has 0 rings (SSSR count). The zero-order chi connectivity index (χ0) is 15.5. The van der Waals surface area contributed by atoms with Crippen molar-refractivity contribution in [3.05, 3.63) is 37.0 Å². The molecule has 0 bridgehead atoms. The van der Waals surface area contributed by atoms with Gasteiger partial charge in [0.25, 0.3) is 0 Å². The van der Waals surface area contributed by atoms with Crippen LogP contribution in [0.2, 0.25) is 0 Å². The molecule has 3 nitrogen and oxygen atoms in total. The highest BCUT2D eigenvalue weighted by Crippen LogP contribution is 2.05. The van der Waals surface area contributed by atoms with Crippen molar-refractivity contribution < 1.29 is 15.0 Å². The standard InChI is InChI=1S/C15H26O2.C3H6.H2O/c1-3-4-5-6-7-9-12-15(16)13-10-8-11-14-17-2;1-3-2;/h4-5,8,11H,3,6-7,9-10,12-14H2,1-2H3;3H,1H2,2H3;1H2/b5-4+,11-8+;;. The van der Waals surface area contributed by atoms with Crippen LogP contribution in [-0.4, -0.2) is 25.0 Å². The number of carbonyl (C=O) groups is 1. The van der Waals surface area contributed by atoms with E-state index in [0.717, 1.165) is 38.5 Å². The molecule has 0 aliphatic rings. The van der Waals surface area contributed by atoms with Crippen LogP contribution in [0.3, 0.4) is 0 Å². The fraction of sp³-hybridized carbons (Fsp3) is 0.611. The number of methoxy groups -OCH3 is 1. The molecule has 0 aromatic carbocycles. The van der Waals surface area contributed by atoms with E-state index in [1.807, 2.05) is 19.1 Å². The molecule has 3 heteroatoms. The van der Waals surface area contributed by atoms with E-state index in [9.17, 15) is 4.79 Å². The molecule has 0 radical (unpaired) electrons. The highest BCUT2D eigenvalue weighted by Gasteiger charge is 1.99. The van der Waals surface area contributed by atoms with E-state index in [1.165, 1.54) is 0 Å². The summed E-state index contributed by atoms with van der Waals surface area (Å²) in [5, 5.41) is 0. The van der Waals surface area contributed by atoms with Crippen LogP contribution >= 0.6 is 0 Å². The number of hydrogen-bond donors (Lipinski definition) is 0. The summed E-state index contributed by atoms with van der Waals surface area (Å²) in [4.78, 5) is 11.5. The van der Waals surface area contributed by atoms with E-state index in [4.69, 9.17) is 4.74 Å². The minimum absolute atomic E-state index is 0. The molecule has 0 spiro atoms.